The van der Waals surface area contributed by atoms with Gasteiger partial charge in [-0.25, -0.2) is 0 Å². The van der Waals surface area contributed by atoms with E-state index in [2.05, 4.69) is 26.6 Å². The summed E-state index contributed by atoms with van der Waals surface area (Å²) in [5.41, 5.74) is 1.56. The van der Waals surface area contributed by atoms with E-state index >= 15 is 0 Å². The number of hydrogen-bond acceptors (Lipinski definition) is 3. The molecule has 28 heavy (non-hydrogen) atoms. The Kier molecular flexibility index (Phi) is 6.31. The Morgan fingerprint density at radius 1 is 1.04 bits per heavy atom. The van der Waals surface area contributed by atoms with Crippen LogP contribution in [0.1, 0.15) is 18.4 Å². The van der Waals surface area contributed by atoms with Crippen molar-refractivity contribution in [1.29, 1.82) is 0 Å². The fourth-order valence-corrected chi connectivity index (χ4v) is 3.25. The summed E-state index contributed by atoms with van der Waals surface area (Å²) in [6.07, 6.45) is 0. The molecule has 0 fully saturated rings. The maximum absolute atomic E-state index is 12.5. The number of hydrogen-bond donors (Lipinski definition) is 2. The zero-order chi connectivity index (χ0) is 20.1. The fourth-order valence-electron chi connectivity index (χ4n) is 2.87. The molecule has 0 aliphatic heterocycles. The molecule has 0 radical (unpaired) electrons. The van der Waals surface area contributed by atoms with Gasteiger partial charge >= 0.3 is 0 Å². The number of halogens is 1. The van der Waals surface area contributed by atoms with Gasteiger partial charge in [-0.15, -0.1) is 0 Å². The van der Waals surface area contributed by atoms with Gasteiger partial charge in [0.15, 0.2) is 0 Å². The monoisotopic (exact) mass is 440 g/mol. The molecular weight excluding hydrogens is 420 g/mol. The zero-order valence-electron chi connectivity index (χ0n) is 15.7. The van der Waals surface area contributed by atoms with Gasteiger partial charge in [0, 0.05) is 4.47 Å². The van der Waals surface area contributed by atoms with Crippen LogP contribution in [-0.4, -0.2) is 25.5 Å². The molecule has 2 amide bonds. The molecule has 0 unspecified atom stereocenters. The molecule has 0 saturated heterocycles. The number of ether oxygens (including phenoxy) is 1. The van der Waals surface area contributed by atoms with E-state index in [9.17, 15) is 9.59 Å². The first-order chi connectivity index (χ1) is 13.5. The van der Waals surface area contributed by atoms with Crippen molar-refractivity contribution in [3.8, 4) is 5.75 Å². The van der Waals surface area contributed by atoms with Gasteiger partial charge in [0.2, 0.25) is 11.8 Å². The van der Waals surface area contributed by atoms with Gasteiger partial charge < -0.3 is 15.4 Å². The number of anilines is 1. The molecule has 2 N–H and O–H groups in total. The van der Waals surface area contributed by atoms with Gasteiger partial charge in [-0.1, -0.05) is 36.4 Å². The Morgan fingerprint density at radius 3 is 2.50 bits per heavy atom. The van der Waals surface area contributed by atoms with E-state index in [4.69, 9.17) is 4.74 Å². The van der Waals surface area contributed by atoms with Crippen LogP contribution in [0.25, 0.3) is 10.8 Å². The fraction of sp³-hybridized carbons (Fsp3) is 0.182. The minimum absolute atomic E-state index is 0.0880. The molecule has 0 aliphatic carbocycles. The molecule has 0 bridgehead atoms. The smallest absolute Gasteiger partial charge is 0.243 e. The summed E-state index contributed by atoms with van der Waals surface area (Å²) in [5.74, 6) is -0.0573. The predicted molar refractivity (Wildman–Crippen MR) is 115 cm³/mol. The normalized spacial score (nSPS) is 11.7. The first-order valence-corrected chi connectivity index (χ1v) is 9.67. The topological polar surface area (TPSA) is 67.4 Å². The summed E-state index contributed by atoms with van der Waals surface area (Å²) in [6.45, 7) is 1.74. The van der Waals surface area contributed by atoms with Crippen LogP contribution in [0.3, 0.4) is 0 Å². The third-order valence-corrected chi connectivity index (χ3v) is 5.23. The predicted octanol–water partition coefficient (Wildman–Crippen LogP) is 4.47. The van der Waals surface area contributed by atoms with E-state index in [1.165, 1.54) is 0 Å². The number of benzene rings is 3. The van der Waals surface area contributed by atoms with Crippen LogP contribution >= 0.6 is 15.9 Å². The van der Waals surface area contributed by atoms with Crippen LogP contribution in [-0.2, 0) is 9.59 Å². The third kappa shape index (κ3) is 4.70. The second kappa shape index (κ2) is 8.89. The highest BCUT2D eigenvalue weighted by molar-refractivity contribution is 9.10. The quantitative estimate of drug-likeness (QED) is 0.593. The summed E-state index contributed by atoms with van der Waals surface area (Å²) in [6, 6.07) is 19.0. The van der Waals surface area contributed by atoms with Gasteiger partial charge in [-0.2, -0.15) is 0 Å². The number of nitrogens with one attached hydrogen (secondary N) is 2. The first kappa shape index (κ1) is 19.9. The maximum Gasteiger partial charge on any atom is 0.243 e. The minimum atomic E-state index is -0.372. The Hall–Kier alpha value is -2.86. The zero-order valence-corrected chi connectivity index (χ0v) is 17.2. The van der Waals surface area contributed by atoms with E-state index in [1.807, 2.05) is 61.5 Å². The number of rotatable bonds is 6. The molecule has 1 atom stereocenters. The molecule has 0 aromatic heterocycles. The maximum atomic E-state index is 12.5. The van der Waals surface area contributed by atoms with Gasteiger partial charge in [0.05, 0.1) is 25.3 Å². The average Bonchev–Trinajstić information content (AvgIpc) is 2.72. The van der Waals surface area contributed by atoms with E-state index < -0.39 is 0 Å². The molecule has 5 nitrogen and oxygen atoms in total. The van der Waals surface area contributed by atoms with Crippen LogP contribution in [0.4, 0.5) is 5.69 Å². The second-order valence-electron chi connectivity index (χ2n) is 6.44. The van der Waals surface area contributed by atoms with Crippen molar-refractivity contribution in [3.63, 3.8) is 0 Å². The van der Waals surface area contributed by atoms with Crippen LogP contribution in [0.5, 0.6) is 5.75 Å². The molecule has 3 aromatic rings. The lowest BCUT2D eigenvalue weighted by molar-refractivity contribution is -0.125. The molecule has 3 rings (SSSR count). The highest BCUT2D eigenvalue weighted by atomic mass is 79.9. The number of amides is 2. The molecule has 6 heteroatoms. The molecule has 0 spiro atoms. The lowest BCUT2D eigenvalue weighted by atomic mass is 9.97. The largest absolute Gasteiger partial charge is 0.497 e. The first-order valence-electron chi connectivity index (χ1n) is 8.87. The van der Waals surface area contributed by atoms with Crippen molar-refractivity contribution in [3.05, 3.63) is 70.7 Å². The van der Waals surface area contributed by atoms with Crippen LogP contribution < -0.4 is 15.4 Å². The van der Waals surface area contributed by atoms with Crippen molar-refractivity contribution in [1.82, 2.24) is 5.32 Å². The summed E-state index contributed by atoms with van der Waals surface area (Å²) in [5, 5.41) is 7.54. The number of methoxy groups -OCH3 is 1. The van der Waals surface area contributed by atoms with Crippen LogP contribution in [0.2, 0.25) is 0 Å². The number of carbonyl (C=O) groups excluding carboxylic acids is 2. The highest BCUT2D eigenvalue weighted by Gasteiger charge is 2.17. The summed E-state index contributed by atoms with van der Waals surface area (Å²) >= 11 is 3.38. The van der Waals surface area contributed by atoms with Crippen molar-refractivity contribution in [2.45, 2.75) is 12.8 Å². The Bertz CT molecular complexity index is 1020. The third-order valence-electron chi connectivity index (χ3n) is 4.54. The number of carbonyl (C=O) groups is 2. The van der Waals surface area contributed by atoms with E-state index in [0.29, 0.717) is 5.69 Å². The van der Waals surface area contributed by atoms with Crippen molar-refractivity contribution >= 4 is 44.2 Å². The highest BCUT2D eigenvalue weighted by Crippen LogP contribution is 2.25. The van der Waals surface area contributed by atoms with Gasteiger partial charge in [0.1, 0.15) is 5.75 Å². The Balaban J connectivity index is 1.61. The standard InChI is InChI=1S/C22H21BrN2O3/c1-14(15-7-8-17-12-18(28-2)10-9-16(17)11-15)22(27)24-13-21(26)25-20-6-4-3-5-19(20)23/h3-12,14H,13H2,1-2H3,(H,24,27)(H,25,26)/t14-/m0/s1. The van der Waals surface area contributed by atoms with Crippen LogP contribution in [0, 0.1) is 0 Å². The Morgan fingerprint density at radius 2 is 1.75 bits per heavy atom. The van der Waals surface area contributed by atoms with E-state index in [0.717, 1.165) is 26.6 Å². The second-order valence-corrected chi connectivity index (χ2v) is 7.29. The van der Waals surface area contributed by atoms with E-state index in [-0.39, 0.29) is 24.3 Å². The van der Waals surface area contributed by atoms with Gasteiger partial charge in [-0.05, 0) is 63.5 Å². The Labute approximate surface area is 172 Å². The lowest BCUT2D eigenvalue weighted by Crippen LogP contribution is -2.35. The van der Waals surface area contributed by atoms with Gasteiger partial charge in [-0.3, -0.25) is 9.59 Å². The van der Waals surface area contributed by atoms with Crippen molar-refractivity contribution in [2.75, 3.05) is 19.0 Å². The average molecular weight is 441 g/mol. The minimum Gasteiger partial charge on any atom is -0.497 e. The summed E-state index contributed by atoms with van der Waals surface area (Å²) in [4.78, 5) is 24.6. The molecule has 0 saturated carbocycles. The summed E-state index contributed by atoms with van der Waals surface area (Å²) in [7, 11) is 1.63. The molecule has 144 valence electrons. The van der Waals surface area contributed by atoms with Crippen molar-refractivity contribution in [2.24, 2.45) is 0 Å². The van der Waals surface area contributed by atoms with Crippen molar-refractivity contribution < 1.29 is 14.3 Å². The number of fused-ring (bicyclic) bond motifs is 1. The lowest BCUT2D eigenvalue weighted by Gasteiger charge is -2.14. The SMILES string of the molecule is COc1ccc2cc([C@H](C)C(=O)NCC(=O)Nc3ccccc3Br)ccc2c1. The number of para-hydroxylation sites is 1. The molecule has 0 aliphatic rings. The van der Waals surface area contributed by atoms with Crippen LogP contribution in [0.15, 0.2) is 65.1 Å². The molecule has 0 heterocycles. The van der Waals surface area contributed by atoms with E-state index in [1.54, 1.807) is 13.2 Å². The summed E-state index contributed by atoms with van der Waals surface area (Å²) < 4.78 is 6.03. The molecular formula is C22H21BrN2O3. The molecule has 3 aromatic carbocycles. The van der Waals surface area contributed by atoms with Gasteiger partial charge in [0.25, 0.3) is 0 Å².